The van der Waals surface area contributed by atoms with Crippen LogP contribution in [0.4, 0.5) is 0 Å². The van der Waals surface area contributed by atoms with Crippen LogP contribution in [-0.4, -0.2) is 49.3 Å². The Balaban J connectivity index is 4.19. The molecule has 0 aliphatic heterocycles. The van der Waals surface area contributed by atoms with Crippen LogP contribution in [0.1, 0.15) is 155 Å². The number of carbonyl (C=O) groups excluding carboxylic acids is 2. The molecule has 0 amide bonds. The van der Waals surface area contributed by atoms with Crippen LogP contribution in [0.3, 0.4) is 0 Å². The Morgan fingerprint density at radius 2 is 0.947 bits per heavy atom. The lowest BCUT2D eigenvalue weighted by Gasteiger charge is -2.19. The van der Waals surface area contributed by atoms with Gasteiger partial charge in [0.05, 0.1) is 13.2 Å². The second-order valence-corrected chi connectivity index (χ2v) is 15.2. The van der Waals surface area contributed by atoms with Gasteiger partial charge >= 0.3 is 19.8 Å². The molecule has 10 heteroatoms. The number of phosphoric acid groups is 1. The molecule has 0 aliphatic rings. The molecule has 0 fully saturated rings. The molecule has 0 aromatic rings. The fourth-order valence-corrected chi connectivity index (χ4v) is 6.11. The third kappa shape index (κ3) is 42.4. The van der Waals surface area contributed by atoms with Crippen molar-refractivity contribution in [3.8, 4) is 0 Å². The highest BCUT2D eigenvalue weighted by Gasteiger charge is 2.25. The Hall–Kier alpha value is -3.07. The van der Waals surface area contributed by atoms with Crippen molar-refractivity contribution >= 4 is 19.8 Å². The first kappa shape index (κ1) is 53.9. The summed E-state index contributed by atoms with van der Waals surface area (Å²) in [6.45, 7) is 3.39. The molecule has 3 N–H and O–H groups in total. The fourth-order valence-electron chi connectivity index (χ4n) is 5.34. The van der Waals surface area contributed by atoms with Crippen molar-refractivity contribution < 1.29 is 37.6 Å². The maximum atomic E-state index is 12.6. The molecule has 0 heterocycles. The average molecular weight is 816 g/mol. The van der Waals surface area contributed by atoms with Gasteiger partial charge in [-0.25, -0.2) is 4.57 Å². The van der Waals surface area contributed by atoms with Gasteiger partial charge in [0.1, 0.15) is 6.61 Å². The highest BCUT2D eigenvalue weighted by Crippen LogP contribution is 2.43. The zero-order valence-corrected chi connectivity index (χ0v) is 36.4. The summed E-state index contributed by atoms with van der Waals surface area (Å²) in [6.07, 6.45) is 54.6. The lowest BCUT2D eigenvalue weighted by molar-refractivity contribution is -0.161. The molecule has 0 saturated carbocycles. The highest BCUT2D eigenvalue weighted by atomic mass is 31.2. The Bertz CT molecular complexity index is 1250. The van der Waals surface area contributed by atoms with Crippen molar-refractivity contribution in [1.29, 1.82) is 0 Å². The summed E-state index contributed by atoms with van der Waals surface area (Å²) in [7, 11) is -4.40. The molecule has 324 valence electrons. The van der Waals surface area contributed by atoms with Gasteiger partial charge in [0, 0.05) is 19.4 Å². The highest BCUT2D eigenvalue weighted by molar-refractivity contribution is 7.47. The van der Waals surface area contributed by atoms with E-state index in [1.165, 1.54) is 38.5 Å². The molecule has 2 unspecified atom stereocenters. The normalized spacial score (nSPS) is 14.2. The minimum absolute atomic E-state index is 0.0387. The number of rotatable bonds is 39. The molecule has 0 rings (SSSR count). The van der Waals surface area contributed by atoms with Gasteiger partial charge in [-0.05, 0) is 77.0 Å². The number of nitrogens with two attached hydrogens (primary N) is 1. The molecule has 2 atom stereocenters. The Kier molecular flexibility index (Phi) is 40.2. The summed E-state index contributed by atoms with van der Waals surface area (Å²) in [5.74, 6) is -0.938. The van der Waals surface area contributed by atoms with Crippen LogP contribution >= 0.6 is 7.82 Å². The summed E-state index contributed by atoms with van der Waals surface area (Å²) in [5, 5.41) is 0. The van der Waals surface area contributed by atoms with Gasteiger partial charge in [0.15, 0.2) is 6.10 Å². The van der Waals surface area contributed by atoms with Crippen molar-refractivity contribution in [2.75, 3.05) is 26.4 Å². The van der Waals surface area contributed by atoms with E-state index in [1.807, 2.05) is 12.2 Å². The summed E-state index contributed by atoms with van der Waals surface area (Å²) in [4.78, 5) is 34.8. The van der Waals surface area contributed by atoms with Gasteiger partial charge in [-0.15, -0.1) is 0 Å². The van der Waals surface area contributed by atoms with Gasteiger partial charge in [-0.3, -0.25) is 18.6 Å². The molecule has 57 heavy (non-hydrogen) atoms. The summed E-state index contributed by atoms with van der Waals surface area (Å²) >= 11 is 0. The van der Waals surface area contributed by atoms with E-state index in [0.29, 0.717) is 12.8 Å². The molecular formula is C47H78NO8P. The van der Waals surface area contributed by atoms with E-state index in [9.17, 15) is 19.0 Å². The topological polar surface area (TPSA) is 134 Å². The number of phosphoric ester groups is 1. The van der Waals surface area contributed by atoms with Crippen LogP contribution in [0, 0.1) is 0 Å². The van der Waals surface area contributed by atoms with Crippen LogP contribution in [0.5, 0.6) is 0 Å². The van der Waals surface area contributed by atoms with E-state index in [0.717, 1.165) is 77.0 Å². The predicted octanol–water partition coefficient (Wildman–Crippen LogP) is 12.6. The quantitative estimate of drug-likeness (QED) is 0.0269. The van der Waals surface area contributed by atoms with Crippen LogP contribution in [-0.2, 0) is 32.7 Å². The van der Waals surface area contributed by atoms with E-state index >= 15 is 0 Å². The van der Waals surface area contributed by atoms with Crippen molar-refractivity contribution in [2.45, 2.75) is 161 Å². The number of allylic oxidation sites excluding steroid dienone is 16. The SMILES string of the molecule is CC/C=C\C/C=C\C/C=C\C/C=C\CCCCCCCCCCCCC(=O)OC(COC(=O)CC/C=C\C/C=C\C/C=C\C/C=C\CC)COP(=O)(O)OCCN. The van der Waals surface area contributed by atoms with Gasteiger partial charge in [0.2, 0.25) is 0 Å². The van der Waals surface area contributed by atoms with Crippen LogP contribution in [0.2, 0.25) is 0 Å². The zero-order valence-electron chi connectivity index (χ0n) is 35.5. The Labute approximate surface area is 346 Å². The minimum Gasteiger partial charge on any atom is -0.462 e. The van der Waals surface area contributed by atoms with E-state index in [1.54, 1.807) is 0 Å². The third-order valence-electron chi connectivity index (χ3n) is 8.48. The predicted molar refractivity (Wildman–Crippen MR) is 238 cm³/mol. The second kappa shape index (κ2) is 42.5. The van der Waals surface area contributed by atoms with E-state index in [2.05, 4.69) is 98.9 Å². The third-order valence-corrected chi connectivity index (χ3v) is 9.46. The molecule has 9 nitrogen and oxygen atoms in total. The van der Waals surface area contributed by atoms with Crippen molar-refractivity contribution in [1.82, 2.24) is 0 Å². The maximum Gasteiger partial charge on any atom is 0.472 e. The van der Waals surface area contributed by atoms with Gasteiger partial charge in [0.25, 0.3) is 0 Å². The molecule has 0 spiro atoms. The number of carbonyl (C=O) groups is 2. The molecule has 0 aromatic heterocycles. The average Bonchev–Trinajstić information content (AvgIpc) is 3.20. The van der Waals surface area contributed by atoms with E-state index in [4.69, 9.17) is 24.3 Å². The molecule has 0 aliphatic carbocycles. The maximum absolute atomic E-state index is 12.6. The molecule has 0 radical (unpaired) electrons. The summed E-state index contributed by atoms with van der Waals surface area (Å²) < 4.78 is 32.7. The lowest BCUT2D eigenvalue weighted by Crippen LogP contribution is -2.29. The second-order valence-electron chi connectivity index (χ2n) is 13.8. The first-order chi connectivity index (χ1) is 27.8. The molecule has 0 aromatic carbocycles. The van der Waals surface area contributed by atoms with Gasteiger partial charge in [-0.2, -0.15) is 0 Å². The van der Waals surface area contributed by atoms with Crippen LogP contribution in [0.25, 0.3) is 0 Å². The van der Waals surface area contributed by atoms with Gasteiger partial charge < -0.3 is 20.1 Å². The first-order valence-corrected chi connectivity index (χ1v) is 23.2. The Morgan fingerprint density at radius 1 is 0.526 bits per heavy atom. The number of ether oxygens (including phenoxy) is 2. The lowest BCUT2D eigenvalue weighted by atomic mass is 10.0. The number of hydrogen-bond acceptors (Lipinski definition) is 8. The zero-order chi connectivity index (χ0) is 41.8. The van der Waals surface area contributed by atoms with Crippen molar-refractivity contribution in [3.05, 3.63) is 97.2 Å². The number of unbranched alkanes of at least 4 members (excludes halogenated alkanes) is 10. The minimum atomic E-state index is -4.40. The van der Waals surface area contributed by atoms with E-state index < -0.39 is 32.5 Å². The molecule has 0 bridgehead atoms. The Morgan fingerprint density at radius 3 is 1.42 bits per heavy atom. The molecular weight excluding hydrogens is 737 g/mol. The summed E-state index contributed by atoms with van der Waals surface area (Å²) in [6, 6.07) is 0. The standard InChI is InChI=1S/C47H78NO8P/c1-3-5-7-9-11-13-15-17-18-19-20-21-22-23-24-25-26-28-30-32-34-36-38-40-47(50)56-45(44-55-57(51,52)54-42-41-48)43-53-46(49)39-37-35-33-31-29-27-16-14-12-10-8-6-4-2/h5-8,11-14,17-18,20-21,27,29,33,35,45H,3-4,9-10,15-16,19,22-26,28,30-32,34,36-44,48H2,1-2H3,(H,51,52)/b7-5-,8-6-,13-11-,14-12-,18-17-,21-20-,29-27-,35-33-. The monoisotopic (exact) mass is 816 g/mol. The van der Waals surface area contributed by atoms with Crippen molar-refractivity contribution in [3.63, 3.8) is 0 Å². The largest absolute Gasteiger partial charge is 0.472 e. The van der Waals surface area contributed by atoms with Crippen LogP contribution in [0.15, 0.2) is 97.2 Å². The first-order valence-electron chi connectivity index (χ1n) is 21.7. The van der Waals surface area contributed by atoms with Gasteiger partial charge in [-0.1, -0.05) is 162 Å². The fraction of sp³-hybridized carbons (Fsp3) is 0.617. The number of esters is 2. The molecule has 0 saturated heterocycles. The summed E-state index contributed by atoms with van der Waals surface area (Å²) in [5.41, 5.74) is 5.34. The number of hydrogen-bond donors (Lipinski definition) is 2. The smallest absolute Gasteiger partial charge is 0.462 e. The van der Waals surface area contributed by atoms with E-state index in [-0.39, 0.29) is 32.6 Å². The van der Waals surface area contributed by atoms with Crippen LogP contribution < -0.4 is 5.73 Å². The van der Waals surface area contributed by atoms with Crippen molar-refractivity contribution in [2.24, 2.45) is 5.73 Å².